The predicted molar refractivity (Wildman–Crippen MR) is 152 cm³/mol. The van der Waals surface area contributed by atoms with Crippen molar-refractivity contribution in [1.29, 1.82) is 0 Å². The van der Waals surface area contributed by atoms with Crippen molar-refractivity contribution < 1.29 is 46.7 Å². The van der Waals surface area contributed by atoms with E-state index in [1.807, 2.05) is 12.1 Å². The van der Waals surface area contributed by atoms with E-state index >= 15 is 0 Å². The van der Waals surface area contributed by atoms with Gasteiger partial charge in [-0.05, 0) is 55.5 Å². The molecular formula is C26H30F3N4O8PS. The zero-order chi connectivity index (χ0) is 31.7. The van der Waals surface area contributed by atoms with Crippen molar-refractivity contribution in [1.82, 2.24) is 14.6 Å². The number of carbonyl (C=O) groups is 1. The molecule has 1 saturated heterocycles. The number of aliphatic hydroxyl groups excluding tert-OH is 2. The molecule has 2 heterocycles. The van der Waals surface area contributed by atoms with Gasteiger partial charge in [-0.15, -0.1) is 0 Å². The molecule has 12 nitrogen and oxygen atoms in total. The number of aliphatic hydroxyl groups is 2. The van der Waals surface area contributed by atoms with Crippen LogP contribution in [0.3, 0.4) is 0 Å². The normalized spacial score (nSPS) is 24.3. The summed E-state index contributed by atoms with van der Waals surface area (Å²) in [7, 11) is 0. The number of hydrogen-bond donors (Lipinski definition) is 4. The molecule has 3 aromatic rings. The number of esters is 1. The molecule has 43 heavy (non-hydrogen) atoms. The fraction of sp³-hybridized carbons (Fsp3) is 0.423. The van der Waals surface area contributed by atoms with Gasteiger partial charge in [-0.1, -0.05) is 30.3 Å². The minimum absolute atomic E-state index is 0.172. The Morgan fingerprint density at radius 1 is 1.23 bits per heavy atom. The summed E-state index contributed by atoms with van der Waals surface area (Å²) in [6.45, 7) is -0.485. The van der Waals surface area contributed by atoms with Gasteiger partial charge in [0.1, 0.15) is 24.0 Å². The second kappa shape index (κ2) is 12.9. The smallest absolute Gasteiger partial charge is 0.351 e. The minimum atomic E-state index is -3.95. The van der Waals surface area contributed by atoms with E-state index < -0.39 is 79.2 Å². The molecule has 0 spiro atoms. The summed E-state index contributed by atoms with van der Waals surface area (Å²) in [4.78, 5) is 28.1. The lowest BCUT2D eigenvalue weighted by Gasteiger charge is -2.34. The number of benzene rings is 2. The maximum Gasteiger partial charge on any atom is 0.351 e. The van der Waals surface area contributed by atoms with Gasteiger partial charge in [-0.3, -0.25) is 9.36 Å². The largest absolute Gasteiger partial charge is 0.462 e. The average Bonchev–Trinajstić information content (AvgIpc) is 3.19. The van der Waals surface area contributed by atoms with Crippen LogP contribution in [0.25, 0.3) is 10.8 Å². The van der Waals surface area contributed by atoms with Gasteiger partial charge >= 0.3 is 18.3 Å². The van der Waals surface area contributed by atoms with E-state index in [4.69, 9.17) is 36.1 Å². The lowest BCUT2D eigenvalue weighted by Crippen LogP contribution is -2.53. The quantitative estimate of drug-likeness (QED) is 0.178. The highest BCUT2D eigenvalue weighted by molar-refractivity contribution is 8.09. The summed E-state index contributed by atoms with van der Waals surface area (Å²) in [5, 5.41) is 25.7. The second-order valence-corrected chi connectivity index (χ2v) is 13.2. The van der Waals surface area contributed by atoms with Crippen molar-refractivity contribution >= 4 is 41.0 Å². The van der Waals surface area contributed by atoms with Crippen molar-refractivity contribution in [2.45, 2.75) is 63.4 Å². The van der Waals surface area contributed by atoms with Crippen LogP contribution in [-0.2, 0) is 30.6 Å². The predicted octanol–water partition coefficient (Wildman–Crippen LogP) is 2.62. The van der Waals surface area contributed by atoms with E-state index in [0.29, 0.717) is 10.8 Å². The van der Waals surface area contributed by atoms with Crippen LogP contribution in [0.2, 0.25) is 0 Å². The molecule has 0 saturated carbocycles. The lowest BCUT2D eigenvalue weighted by atomic mass is 9.96. The number of nitrogens with zero attached hydrogens (tertiary/aromatic N) is 2. The summed E-state index contributed by atoms with van der Waals surface area (Å²) in [6, 6.07) is 11.1. The molecule has 1 aliphatic heterocycles. The molecule has 0 amide bonds. The summed E-state index contributed by atoms with van der Waals surface area (Å²) in [5.74, 6) is -2.52. The fourth-order valence-electron chi connectivity index (χ4n) is 4.30. The van der Waals surface area contributed by atoms with Gasteiger partial charge in [0, 0.05) is 0 Å². The molecule has 1 aliphatic rings. The van der Waals surface area contributed by atoms with Crippen molar-refractivity contribution in [3.8, 4) is 5.75 Å². The summed E-state index contributed by atoms with van der Waals surface area (Å²) >= 11 is 5.60. The van der Waals surface area contributed by atoms with Crippen molar-refractivity contribution in [2.24, 2.45) is 0 Å². The Morgan fingerprint density at radius 3 is 2.56 bits per heavy atom. The van der Waals surface area contributed by atoms with E-state index in [-0.39, 0.29) is 5.75 Å². The zero-order valence-electron chi connectivity index (χ0n) is 23.1. The molecule has 5 N–H and O–H groups in total. The topological polar surface area (TPSA) is 167 Å². The van der Waals surface area contributed by atoms with Crippen LogP contribution in [0, 0.1) is 5.82 Å². The second-order valence-electron chi connectivity index (χ2n) is 10.1. The fourth-order valence-corrected chi connectivity index (χ4v) is 6.71. The maximum atomic E-state index is 14.6. The van der Waals surface area contributed by atoms with Gasteiger partial charge in [0.2, 0.25) is 0 Å². The van der Waals surface area contributed by atoms with E-state index in [1.165, 1.54) is 6.92 Å². The van der Waals surface area contributed by atoms with E-state index in [9.17, 15) is 33.0 Å². The SMILES string of the molecule is CC(C)OC(=O)[C@H](C)NP(=S)(OC[C@@]1(C(F)F)O[C@@H](n2cc(F)c(N)nc2=O)[C@H](O)[C@H]1O)Oc1ccc2ccccc2c1. The third-order valence-corrected chi connectivity index (χ3v) is 8.98. The Balaban J connectivity index is 1.66. The molecule has 0 bridgehead atoms. The van der Waals surface area contributed by atoms with Gasteiger partial charge < -0.3 is 34.5 Å². The van der Waals surface area contributed by atoms with Gasteiger partial charge in [0.15, 0.2) is 23.5 Å². The van der Waals surface area contributed by atoms with Gasteiger partial charge in [0.05, 0.1) is 18.9 Å². The first kappa shape index (κ1) is 32.8. The highest BCUT2D eigenvalue weighted by atomic mass is 32.5. The van der Waals surface area contributed by atoms with Gasteiger partial charge in [-0.25, -0.2) is 23.1 Å². The number of nitrogens with two attached hydrogens (primary N) is 1. The Kier molecular flexibility index (Phi) is 9.81. The number of halogens is 3. The first-order chi connectivity index (χ1) is 20.2. The summed E-state index contributed by atoms with van der Waals surface area (Å²) in [6.07, 6.45) is -10.0. The average molecular weight is 647 g/mol. The van der Waals surface area contributed by atoms with Crippen LogP contribution in [0.4, 0.5) is 19.0 Å². The van der Waals surface area contributed by atoms with Crippen LogP contribution in [0.5, 0.6) is 5.75 Å². The number of aromatic nitrogens is 2. The molecule has 1 fully saturated rings. The molecule has 1 unspecified atom stereocenters. The summed E-state index contributed by atoms with van der Waals surface area (Å²) < 4.78 is 65.9. The minimum Gasteiger partial charge on any atom is -0.462 e. The van der Waals surface area contributed by atoms with Gasteiger partial charge in [0.25, 0.3) is 6.43 Å². The Morgan fingerprint density at radius 2 is 1.91 bits per heavy atom. The number of alkyl halides is 2. The van der Waals surface area contributed by atoms with E-state index in [1.54, 1.807) is 44.2 Å². The number of nitrogen functional groups attached to an aromatic ring is 1. The summed E-state index contributed by atoms with van der Waals surface area (Å²) in [5.41, 5.74) is 1.06. The first-order valence-corrected chi connectivity index (χ1v) is 15.6. The number of carbonyl (C=O) groups excluding carboxylic acids is 1. The maximum absolute atomic E-state index is 14.6. The standard InChI is InChI=1S/C26H30F3N4O8PS/c1-13(2)39-23(36)14(3)32-42(43,41-17-9-8-15-6-4-5-7-16(15)10-17)38-12-26(24(28)29)20(35)19(34)22(40-26)33-11-18(27)21(30)31-25(33)37/h4-11,13-14,19-20,22,24,34-35H,12H2,1-3H3,(H,32,43)(H2,30,31,37)/t14-,19+,20+,22+,26+,42?/m0/s1. The molecule has 0 aliphatic carbocycles. The van der Waals surface area contributed by atoms with Crippen LogP contribution in [-0.4, -0.2) is 68.7 Å². The number of ether oxygens (including phenoxy) is 2. The third-order valence-electron chi connectivity index (χ3n) is 6.50. The van der Waals surface area contributed by atoms with Crippen LogP contribution in [0.15, 0.2) is 53.5 Å². The lowest BCUT2D eigenvalue weighted by molar-refractivity contribution is -0.192. The number of fused-ring (bicyclic) bond motifs is 1. The molecule has 6 atom stereocenters. The first-order valence-electron chi connectivity index (χ1n) is 12.9. The zero-order valence-corrected chi connectivity index (χ0v) is 24.8. The van der Waals surface area contributed by atoms with E-state index in [0.717, 1.165) is 10.8 Å². The number of anilines is 1. The van der Waals surface area contributed by atoms with Crippen molar-refractivity contribution in [3.63, 3.8) is 0 Å². The third kappa shape index (κ3) is 7.01. The molecule has 0 radical (unpaired) electrons. The number of nitrogens with one attached hydrogen (secondary N) is 1. The highest BCUT2D eigenvalue weighted by Gasteiger charge is 2.61. The number of hydrogen-bond acceptors (Lipinski definition) is 11. The van der Waals surface area contributed by atoms with Crippen molar-refractivity contribution in [3.05, 3.63) is 65.0 Å². The van der Waals surface area contributed by atoms with Crippen LogP contribution >= 0.6 is 6.64 Å². The Labute approximate surface area is 248 Å². The van der Waals surface area contributed by atoms with Gasteiger partial charge in [-0.2, -0.15) is 4.98 Å². The Bertz CT molecular complexity index is 1600. The highest BCUT2D eigenvalue weighted by Crippen LogP contribution is 2.49. The molecule has 4 rings (SSSR count). The van der Waals surface area contributed by atoms with Crippen molar-refractivity contribution in [2.75, 3.05) is 12.3 Å². The molecular weight excluding hydrogens is 616 g/mol. The molecule has 17 heteroatoms. The van der Waals surface area contributed by atoms with E-state index in [2.05, 4.69) is 10.1 Å². The molecule has 234 valence electrons. The molecule has 2 aromatic carbocycles. The monoisotopic (exact) mass is 646 g/mol. The van der Waals surface area contributed by atoms with Crippen LogP contribution < -0.4 is 21.0 Å². The van der Waals surface area contributed by atoms with Crippen LogP contribution in [0.1, 0.15) is 27.0 Å². The Hall–Kier alpha value is -3.11. The number of rotatable bonds is 11. The molecule has 1 aromatic heterocycles.